The SMILES string of the molecule is CCc1ccc(Nc2ncnc(N3CCC(C)CC3)c2N)cc1. The van der Waals surface area contributed by atoms with Crippen LogP contribution in [0.15, 0.2) is 30.6 Å². The third-order valence-electron chi connectivity index (χ3n) is 4.57. The summed E-state index contributed by atoms with van der Waals surface area (Å²) >= 11 is 0. The molecule has 0 atom stereocenters. The van der Waals surface area contributed by atoms with E-state index in [0.717, 1.165) is 36.9 Å². The quantitative estimate of drug-likeness (QED) is 0.903. The molecular formula is C18H25N5. The zero-order valence-corrected chi connectivity index (χ0v) is 13.9. The predicted octanol–water partition coefficient (Wildman–Crippen LogP) is 3.60. The number of nitrogens with zero attached hydrogens (tertiary/aromatic N) is 3. The highest BCUT2D eigenvalue weighted by atomic mass is 15.2. The second-order valence-corrected chi connectivity index (χ2v) is 6.30. The maximum absolute atomic E-state index is 6.32. The summed E-state index contributed by atoms with van der Waals surface area (Å²) in [6, 6.07) is 8.35. The molecule has 0 radical (unpaired) electrons. The summed E-state index contributed by atoms with van der Waals surface area (Å²) in [6.07, 6.45) is 5.00. The van der Waals surface area contributed by atoms with E-state index in [2.05, 4.69) is 58.3 Å². The zero-order valence-electron chi connectivity index (χ0n) is 13.9. The number of anilines is 4. The average Bonchev–Trinajstić information content (AvgIpc) is 2.58. The van der Waals surface area contributed by atoms with E-state index in [1.165, 1.54) is 18.4 Å². The number of hydrogen-bond acceptors (Lipinski definition) is 5. The number of aromatic nitrogens is 2. The van der Waals surface area contributed by atoms with Gasteiger partial charge in [0, 0.05) is 18.8 Å². The molecule has 5 nitrogen and oxygen atoms in total. The van der Waals surface area contributed by atoms with Crippen molar-refractivity contribution in [2.24, 2.45) is 5.92 Å². The molecule has 2 aromatic rings. The summed E-state index contributed by atoms with van der Waals surface area (Å²) < 4.78 is 0. The molecule has 1 aliphatic heterocycles. The van der Waals surface area contributed by atoms with Crippen LogP contribution in [0, 0.1) is 5.92 Å². The van der Waals surface area contributed by atoms with Crippen LogP contribution in [-0.2, 0) is 6.42 Å². The summed E-state index contributed by atoms with van der Waals surface area (Å²) in [5.74, 6) is 2.31. The molecule has 1 aliphatic rings. The minimum Gasteiger partial charge on any atom is -0.393 e. The lowest BCUT2D eigenvalue weighted by molar-refractivity contribution is 0.437. The van der Waals surface area contributed by atoms with Crippen molar-refractivity contribution in [1.82, 2.24) is 9.97 Å². The molecule has 1 fully saturated rings. The van der Waals surface area contributed by atoms with Crippen LogP contribution in [0.5, 0.6) is 0 Å². The van der Waals surface area contributed by atoms with E-state index in [-0.39, 0.29) is 0 Å². The maximum atomic E-state index is 6.32. The molecule has 3 rings (SSSR count). The number of aryl methyl sites for hydroxylation is 1. The van der Waals surface area contributed by atoms with Crippen LogP contribution in [-0.4, -0.2) is 23.1 Å². The predicted molar refractivity (Wildman–Crippen MR) is 96.2 cm³/mol. The monoisotopic (exact) mass is 311 g/mol. The molecule has 0 unspecified atom stereocenters. The standard InChI is InChI=1S/C18H25N5/c1-3-14-4-6-15(7-5-14)22-17-16(19)18(21-12-20-17)23-10-8-13(2)9-11-23/h4-7,12-13H,3,8-11,19H2,1-2H3,(H,20,21,22). The Morgan fingerprint density at radius 2 is 1.87 bits per heavy atom. The van der Waals surface area contributed by atoms with Crippen LogP contribution >= 0.6 is 0 Å². The second-order valence-electron chi connectivity index (χ2n) is 6.30. The fraction of sp³-hybridized carbons (Fsp3) is 0.444. The highest BCUT2D eigenvalue weighted by Gasteiger charge is 2.20. The first kappa shape index (κ1) is 15.6. The van der Waals surface area contributed by atoms with E-state index in [4.69, 9.17) is 5.73 Å². The van der Waals surface area contributed by atoms with Gasteiger partial charge in [0.1, 0.15) is 12.0 Å². The summed E-state index contributed by atoms with van der Waals surface area (Å²) in [5.41, 5.74) is 9.26. The molecule has 23 heavy (non-hydrogen) atoms. The lowest BCUT2D eigenvalue weighted by atomic mass is 9.99. The lowest BCUT2D eigenvalue weighted by Crippen LogP contribution is -2.34. The topological polar surface area (TPSA) is 67.1 Å². The smallest absolute Gasteiger partial charge is 0.159 e. The number of piperidine rings is 1. The molecular weight excluding hydrogens is 286 g/mol. The molecule has 5 heteroatoms. The molecule has 0 amide bonds. The van der Waals surface area contributed by atoms with Gasteiger partial charge in [-0.2, -0.15) is 0 Å². The normalized spacial score (nSPS) is 15.7. The first-order chi connectivity index (χ1) is 11.2. The molecule has 2 heterocycles. The van der Waals surface area contributed by atoms with Gasteiger partial charge in [0.2, 0.25) is 0 Å². The lowest BCUT2D eigenvalue weighted by Gasteiger charge is -2.32. The minimum absolute atomic E-state index is 0.627. The molecule has 0 bridgehead atoms. The number of hydrogen-bond donors (Lipinski definition) is 2. The Morgan fingerprint density at radius 3 is 2.52 bits per heavy atom. The van der Waals surface area contributed by atoms with E-state index in [9.17, 15) is 0 Å². The van der Waals surface area contributed by atoms with Crippen molar-refractivity contribution >= 4 is 23.0 Å². The Bertz CT molecular complexity index is 645. The highest BCUT2D eigenvalue weighted by molar-refractivity contribution is 5.78. The maximum Gasteiger partial charge on any atom is 0.159 e. The molecule has 0 saturated carbocycles. The first-order valence-electron chi connectivity index (χ1n) is 8.38. The zero-order chi connectivity index (χ0) is 16.2. The van der Waals surface area contributed by atoms with E-state index in [1.807, 2.05) is 0 Å². The van der Waals surface area contributed by atoms with Crippen LogP contribution in [0.25, 0.3) is 0 Å². The summed E-state index contributed by atoms with van der Waals surface area (Å²) in [7, 11) is 0. The Balaban J connectivity index is 1.78. The Kier molecular flexibility index (Phi) is 4.65. The molecule has 0 aliphatic carbocycles. The van der Waals surface area contributed by atoms with Crippen LogP contribution in [0.2, 0.25) is 0 Å². The van der Waals surface area contributed by atoms with Gasteiger partial charge in [0.25, 0.3) is 0 Å². The van der Waals surface area contributed by atoms with Gasteiger partial charge < -0.3 is 16.0 Å². The van der Waals surface area contributed by atoms with E-state index in [1.54, 1.807) is 6.33 Å². The number of rotatable bonds is 4. The molecule has 1 aromatic carbocycles. The van der Waals surface area contributed by atoms with Crippen LogP contribution in [0.3, 0.4) is 0 Å². The van der Waals surface area contributed by atoms with Crippen LogP contribution in [0.1, 0.15) is 32.3 Å². The number of benzene rings is 1. The van der Waals surface area contributed by atoms with Crippen molar-refractivity contribution in [2.75, 3.05) is 29.0 Å². The first-order valence-corrected chi connectivity index (χ1v) is 8.38. The molecule has 3 N–H and O–H groups in total. The van der Waals surface area contributed by atoms with E-state index < -0.39 is 0 Å². The van der Waals surface area contributed by atoms with Gasteiger partial charge in [-0.3, -0.25) is 0 Å². The second kappa shape index (κ2) is 6.86. The third kappa shape index (κ3) is 3.55. The molecule has 1 aromatic heterocycles. The highest BCUT2D eigenvalue weighted by Crippen LogP contribution is 2.31. The van der Waals surface area contributed by atoms with Gasteiger partial charge in [-0.1, -0.05) is 26.0 Å². The summed E-state index contributed by atoms with van der Waals surface area (Å²) in [6.45, 7) is 6.46. The van der Waals surface area contributed by atoms with Crippen molar-refractivity contribution in [3.05, 3.63) is 36.2 Å². The van der Waals surface area contributed by atoms with Gasteiger partial charge in [0.15, 0.2) is 11.6 Å². The van der Waals surface area contributed by atoms with Gasteiger partial charge in [-0.25, -0.2) is 9.97 Å². The minimum atomic E-state index is 0.627. The molecule has 0 spiro atoms. The van der Waals surface area contributed by atoms with Crippen molar-refractivity contribution in [2.45, 2.75) is 33.1 Å². The fourth-order valence-electron chi connectivity index (χ4n) is 2.92. The van der Waals surface area contributed by atoms with Crippen molar-refractivity contribution in [1.29, 1.82) is 0 Å². The van der Waals surface area contributed by atoms with Crippen LogP contribution in [0.4, 0.5) is 23.0 Å². The number of nitrogens with one attached hydrogen (secondary N) is 1. The van der Waals surface area contributed by atoms with Crippen molar-refractivity contribution in [3.8, 4) is 0 Å². The Hall–Kier alpha value is -2.30. The number of nitrogens with two attached hydrogens (primary N) is 1. The molecule has 1 saturated heterocycles. The Labute approximate surface area is 137 Å². The van der Waals surface area contributed by atoms with Gasteiger partial charge in [0.05, 0.1) is 0 Å². The Morgan fingerprint density at radius 1 is 1.17 bits per heavy atom. The fourth-order valence-corrected chi connectivity index (χ4v) is 2.92. The summed E-state index contributed by atoms with van der Waals surface area (Å²) in [5, 5.41) is 3.31. The van der Waals surface area contributed by atoms with Gasteiger partial charge >= 0.3 is 0 Å². The largest absolute Gasteiger partial charge is 0.393 e. The molecule has 122 valence electrons. The summed E-state index contributed by atoms with van der Waals surface area (Å²) in [4.78, 5) is 11.0. The average molecular weight is 311 g/mol. The van der Waals surface area contributed by atoms with E-state index in [0.29, 0.717) is 11.5 Å². The van der Waals surface area contributed by atoms with Gasteiger partial charge in [-0.15, -0.1) is 0 Å². The van der Waals surface area contributed by atoms with E-state index >= 15 is 0 Å². The van der Waals surface area contributed by atoms with Gasteiger partial charge in [-0.05, 0) is 42.9 Å². The van der Waals surface area contributed by atoms with Crippen molar-refractivity contribution in [3.63, 3.8) is 0 Å². The third-order valence-corrected chi connectivity index (χ3v) is 4.57. The van der Waals surface area contributed by atoms with Crippen molar-refractivity contribution < 1.29 is 0 Å². The van der Waals surface area contributed by atoms with Crippen LogP contribution < -0.4 is 16.0 Å². The number of nitrogen functional groups attached to an aromatic ring is 1.